The highest BCUT2D eigenvalue weighted by Crippen LogP contribution is 2.39. The first kappa shape index (κ1) is 17.9. The number of rotatable bonds is 3. The van der Waals surface area contributed by atoms with Crippen LogP contribution < -0.4 is 5.32 Å². The molecule has 144 valence electrons. The summed E-state index contributed by atoms with van der Waals surface area (Å²) >= 11 is 1.41. The summed E-state index contributed by atoms with van der Waals surface area (Å²) < 4.78 is 0. The largest absolute Gasteiger partial charge is 0.478 e. The van der Waals surface area contributed by atoms with E-state index in [4.69, 9.17) is 0 Å². The van der Waals surface area contributed by atoms with Gasteiger partial charge >= 0.3 is 5.97 Å². The highest BCUT2D eigenvalue weighted by atomic mass is 32.1. The van der Waals surface area contributed by atoms with Crippen molar-refractivity contribution in [1.29, 1.82) is 0 Å². The first-order valence-corrected chi connectivity index (χ1v) is 10.5. The Hall–Kier alpha value is -3.18. The summed E-state index contributed by atoms with van der Waals surface area (Å²) in [5.41, 5.74) is 1.75. The van der Waals surface area contributed by atoms with Gasteiger partial charge in [-0.25, -0.2) is 4.79 Å². The topological polar surface area (TPSA) is 66.4 Å². The number of nitrogens with one attached hydrogen (secondary N) is 1. The second kappa shape index (κ2) is 7.01. The predicted octanol–water partition coefficient (Wildman–Crippen LogP) is 5.88. The Kier molecular flexibility index (Phi) is 4.32. The number of benzene rings is 3. The smallest absolute Gasteiger partial charge is 0.339 e. The first-order chi connectivity index (χ1) is 14.1. The molecule has 0 saturated carbocycles. The summed E-state index contributed by atoms with van der Waals surface area (Å²) in [6, 6.07) is 17.7. The molecule has 0 unspecified atom stereocenters. The molecule has 0 bridgehead atoms. The van der Waals surface area contributed by atoms with Crippen LogP contribution in [0.4, 0.5) is 5.00 Å². The molecule has 4 nitrogen and oxygen atoms in total. The lowest BCUT2D eigenvalue weighted by Gasteiger charge is -2.12. The molecule has 0 spiro atoms. The van der Waals surface area contributed by atoms with Crippen LogP contribution in [0.5, 0.6) is 0 Å². The monoisotopic (exact) mass is 401 g/mol. The van der Waals surface area contributed by atoms with E-state index in [1.54, 1.807) is 0 Å². The van der Waals surface area contributed by atoms with Crippen molar-refractivity contribution < 1.29 is 14.7 Å². The summed E-state index contributed by atoms with van der Waals surface area (Å²) in [7, 11) is 0. The van der Waals surface area contributed by atoms with Crippen LogP contribution >= 0.6 is 11.3 Å². The molecule has 4 aromatic rings. The number of fused-ring (bicyclic) bond motifs is 3. The quantitative estimate of drug-likeness (QED) is 0.421. The van der Waals surface area contributed by atoms with Crippen LogP contribution in [0.2, 0.25) is 0 Å². The van der Waals surface area contributed by atoms with Gasteiger partial charge in [-0.2, -0.15) is 0 Å². The second-order valence-corrected chi connectivity index (χ2v) is 8.47. The van der Waals surface area contributed by atoms with Crippen LogP contribution in [0, 0.1) is 0 Å². The molecule has 1 aromatic heterocycles. The molecule has 1 heterocycles. The maximum absolute atomic E-state index is 13.4. The van der Waals surface area contributed by atoms with Crippen LogP contribution in [0.25, 0.3) is 21.5 Å². The molecule has 0 radical (unpaired) electrons. The summed E-state index contributed by atoms with van der Waals surface area (Å²) in [4.78, 5) is 26.5. The lowest BCUT2D eigenvalue weighted by molar-refractivity contribution is 0.0697. The van der Waals surface area contributed by atoms with Crippen LogP contribution in [0.3, 0.4) is 0 Å². The number of anilines is 1. The number of hydrogen-bond donors (Lipinski definition) is 2. The van der Waals surface area contributed by atoms with E-state index >= 15 is 0 Å². The molecule has 1 amide bonds. The number of aryl methyl sites for hydroxylation is 1. The second-order valence-electron chi connectivity index (χ2n) is 7.37. The van der Waals surface area contributed by atoms with Gasteiger partial charge in [0.2, 0.25) is 0 Å². The van der Waals surface area contributed by atoms with E-state index in [0.717, 1.165) is 57.7 Å². The van der Waals surface area contributed by atoms with Crippen molar-refractivity contribution in [2.45, 2.75) is 25.7 Å². The van der Waals surface area contributed by atoms with E-state index in [-0.39, 0.29) is 11.5 Å². The van der Waals surface area contributed by atoms with E-state index in [2.05, 4.69) is 11.4 Å². The summed E-state index contributed by atoms with van der Waals surface area (Å²) in [6.07, 6.45) is 3.70. The third kappa shape index (κ3) is 2.98. The van der Waals surface area contributed by atoms with Crippen molar-refractivity contribution >= 4 is 49.8 Å². The van der Waals surface area contributed by atoms with Crippen LogP contribution in [0.15, 0.2) is 54.6 Å². The molecular formula is C24H19NO3S. The number of carboxylic acids is 1. The van der Waals surface area contributed by atoms with Crippen molar-refractivity contribution in [3.8, 4) is 0 Å². The molecule has 29 heavy (non-hydrogen) atoms. The highest BCUT2D eigenvalue weighted by Gasteiger charge is 2.27. The Morgan fingerprint density at radius 2 is 1.48 bits per heavy atom. The Bertz CT molecular complexity index is 1230. The molecule has 0 fully saturated rings. The van der Waals surface area contributed by atoms with Crippen LogP contribution in [-0.4, -0.2) is 17.0 Å². The van der Waals surface area contributed by atoms with Gasteiger partial charge in [0, 0.05) is 4.88 Å². The molecule has 0 saturated heterocycles. The zero-order valence-corrected chi connectivity index (χ0v) is 16.5. The number of amides is 1. The average molecular weight is 401 g/mol. The molecule has 2 N–H and O–H groups in total. The minimum absolute atomic E-state index is 0.265. The number of hydrogen-bond acceptors (Lipinski definition) is 3. The van der Waals surface area contributed by atoms with Crippen molar-refractivity contribution in [1.82, 2.24) is 0 Å². The number of thiophene rings is 1. The SMILES string of the molecule is O=C(O)c1c(NC(=O)c2c3ccccc3cc3ccccc23)sc2c1CCCC2. The maximum Gasteiger partial charge on any atom is 0.339 e. The van der Waals surface area contributed by atoms with Crippen LogP contribution in [0.1, 0.15) is 44.0 Å². The van der Waals surface area contributed by atoms with Crippen molar-refractivity contribution in [2.75, 3.05) is 5.32 Å². The summed E-state index contributed by atoms with van der Waals surface area (Å²) in [5, 5.41) is 16.9. The average Bonchev–Trinajstić information content (AvgIpc) is 3.09. The lowest BCUT2D eigenvalue weighted by Crippen LogP contribution is -2.15. The van der Waals surface area contributed by atoms with Gasteiger partial charge in [0.1, 0.15) is 5.00 Å². The molecule has 3 aromatic carbocycles. The fourth-order valence-corrected chi connectivity index (χ4v) is 5.58. The number of carbonyl (C=O) groups excluding carboxylic acids is 1. The van der Waals surface area contributed by atoms with E-state index < -0.39 is 5.97 Å². The standard InChI is InChI=1S/C24H19NO3S/c26-22(25-23-21(24(27)28)18-11-5-6-12-19(18)29-23)20-16-9-3-1-7-14(16)13-15-8-2-4-10-17(15)20/h1-4,7-10,13H,5-6,11-12H2,(H,25,26)(H,27,28). The summed E-state index contributed by atoms with van der Waals surface area (Å²) in [5.74, 6) is -1.23. The number of aromatic carboxylic acids is 1. The number of carbonyl (C=O) groups is 2. The van der Waals surface area contributed by atoms with Crippen molar-refractivity contribution in [3.63, 3.8) is 0 Å². The van der Waals surface area contributed by atoms with Gasteiger partial charge in [-0.3, -0.25) is 4.79 Å². The van der Waals surface area contributed by atoms with Gasteiger partial charge in [0.25, 0.3) is 5.91 Å². The lowest BCUT2D eigenvalue weighted by atomic mass is 9.95. The van der Waals surface area contributed by atoms with Gasteiger partial charge in [-0.05, 0) is 58.9 Å². The Morgan fingerprint density at radius 3 is 2.14 bits per heavy atom. The fourth-order valence-electron chi connectivity index (χ4n) is 4.30. The zero-order valence-electron chi connectivity index (χ0n) is 15.7. The van der Waals surface area contributed by atoms with Gasteiger partial charge in [-0.15, -0.1) is 11.3 Å². The van der Waals surface area contributed by atoms with Gasteiger partial charge < -0.3 is 10.4 Å². The Balaban J connectivity index is 1.66. The van der Waals surface area contributed by atoms with E-state index in [1.165, 1.54) is 11.3 Å². The summed E-state index contributed by atoms with van der Waals surface area (Å²) in [6.45, 7) is 0. The van der Waals surface area contributed by atoms with Crippen molar-refractivity contribution in [3.05, 3.63) is 76.2 Å². The van der Waals surface area contributed by atoms with E-state index in [1.807, 2.05) is 48.5 Å². The third-order valence-electron chi connectivity index (χ3n) is 5.61. The molecule has 1 aliphatic rings. The minimum atomic E-state index is -0.970. The molecule has 1 aliphatic carbocycles. The molecule has 5 heteroatoms. The fraction of sp³-hybridized carbons (Fsp3) is 0.167. The molecule has 0 aliphatic heterocycles. The van der Waals surface area contributed by atoms with Gasteiger partial charge in [0.15, 0.2) is 0 Å². The van der Waals surface area contributed by atoms with E-state index in [0.29, 0.717) is 10.6 Å². The zero-order chi connectivity index (χ0) is 20.0. The van der Waals surface area contributed by atoms with E-state index in [9.17, 15) is 14.7 Å². The van der Waals surface area contributed by atoms with Crippen molar-refractivity contribution in [2.24, 2.45) is 0 Å². The minimum Gasteiger partial charge on any atom is -0.478 e. The molecule has 5 rings (SSSR count). The number of carboxylic acid groups (broad SMARTS) is 1. The van der Waals surface area contributed by atoms with Crippen LogP contribution in [-0.2, 0) is 12.8 Å². The Morgan fingerprint density at radius 1 is 0.862 bits per heavy atom. The predicted molar refractivity (Wildman–Crippen MR) is 117 cm³/mol. The molecular weight excluding hydrogens is 382 g/mol. The van der Waals surface area contributed by atoms with Gasteiger partial charge in [0.05, 0.1) is 11.1 Å². The normalized spacial score (nSPS) is 13.4. The third-order valence-corrected chi connectivity index (χ3v) is 6.82. The van der Waals surface area contributed by atoms with Gasteiger partial charge in [-0.1, -0.05) is 48.5 Å². The molecule has 0 atom stereocenters. The Labute approximate surface area is 171 Å². The highest BCUT2D eigenvalue weighted by molar-refractivity contribution is 7.17. The maximum atomic E-state index is 13.4. The first-order valence-electron chi connectivity index (χ1n) is 9.73.